The van der Waals surface area contributed by atoms with Gasteiger partial charge < -0.3 is 14.6 Å². The van der Waals surface area contributed by atoms with Crippen LogP contribution in [-0.4, -0.2) is 39.4 Å². The fourth-order valence-corrected chi connectivity index (χ4v) is 2.67. The maximum absolute atomic E-state index is 10.3. The number of benzene rings is 2. The second kappa shape index (κ2) is 8.50. The number of hydrogen-bond acceptors (Lipinski definition) is 6. The number of ether oxygens (including phenoxy) is 2. The van der Waals surface area contributed by atoms with Gasteiger partial charge in [0.05, 0.1) is 19.4 Å². The second-order valence-electron chi connectivity index (χ2n) is 5.49. The molecule has 0 unspecified atom stereocenters. The van der Waals surface area contributed by atoms with Gasteiger partial charge in [0.1, 0.15) is 5.75 Å². The first-order valence-corrected chi connectivity index (χ1v) is 8.94. The zero-order valence-corrected chi connectivity index (χ0v) is 15.9. The van der Waals surface area contributed by atoms with Crippen molar-refractivity contribution in [1.29, 1.82) is 0 Å². The first-order chi connectivity index (χ1) is 13.1. The second-order valence-corrected chi connectivity index (χ2v) is 5.88. The average molecular weight is 384 g/mol. The number of para-hydroxylation sites is 1. The Balaban J connectivity index is 1.93. The summed E-state index contributed by atoms with van der Waals surface area (Å²) in [6.45, 7) is 4.85. The van der Waals surface area contributed by atoms with Crippen LogP contribution in [0.15, 0.2) is 47.6 Å². The Hall–Kier alpha value is -3.13. The van der Waals surface area contributed by atoms with Gasteiger partial charge in [-0.3, -0.25) is 0 Å². The predicted octanol–water partition coefficient (Wildman–Crippen LogP) is 3.99. The van der Waals surface area contributed by atoms with Crippen LogP contribution >= 0.6 is 12.2 Å². The Labute approximate surface area is 161 Å². The van der Waals surface area contributed by atoms with E-state index in [-0.39, 0.29) is 5.75 Å². The van der Waals surface area contributed by atoms with Crippen LogP contribution in [0.5, 0.6) is 17.2 Å². The highest BCUT2D eigenvalue weighted by atomic mass is 32.1. The molecule has 0 aliphatic heterocycles. The fourth-order valence-electron chi connectivity index (χ4n) is 2.49. The first-order valence-electron chi connectivity index (χ1n) is 8.53. The number of nitrogens with zero attached hydrogens (tertiary/aromatic N) is 3. The molecule has 0 saturated heterocycles. The molecule has 0 amide bonds. The Morgan fingerprint density at radius 3 is 2.59 bits per heavy atom. The third kappa shape index (κ3) is 4.17. The number of H-pyrrole nitrogens is 1. The van der Waals surface area contributed by atoms with Gasteiger partial charge in [0.2, 0.25) is 4.77 Å². The summed E-state index contributed by atoms with van der Waals surface area (Å²) in [5.74, 6) is 1.77. The molecule has 0 aliphatic carbocycles. The number of aromatic nitrogens is 3. The number of hydrogen-bond donors (Lipinski definition) is 2. The van der Waals surface area contributed by atoms with E-state index in [1.54, 1.807) is 18.2 Å². The topological polar surface area (TPSA) is 84.7 Å². The van der Waals surface area contributed by atoms with Crippen LogP contribution in [0.3, 0.4) is 0 Å². The number of phenols is 1. The van der Waals surface area contributed by atoms with Crippen LogP contribution in [0.4, 0.5) is 0 Å². The van der Waals surface area contributed by atoms with Gasteiger partial charge in [-0.1, -0.05) is 6.07 Å². The summed E-state index contributed by atoms with van der Waals surface area (Å²) in [5, 5.41) is 21.7. The number of nitrogens with one attached hydrogen (secondary N) is 1. The highest BCUT2D eigenvalue weighted by Crippen LogP contribution is 2.28. The summed E-state index contributed by atoms with van der Waals surface area (Å²) >= 11 is 5.28. The quantitative estimate of drug-likeness (QED) is 0.475. The minimum atomic E-state index is 0.0285. The number of aromatic amines is 1. The SMILES string of the molecule is CCOc1ccc(-c2n[nH]c(=S)n2/N=C/c2cccc(OCC)c2O)cc1. The number of phenolic OH excluding ortho intramolecular Hbond substituents is 1. The van der Waals surface area contributed by atoms with E-state index < -0.39 is 0 Å². The van der Waals surface area contributed by atoms with E-state index in [2.05, 4.69) is 15.3 Å². The maximum atomic E-state index is 10.3. The van der Waals surface area contributed by atoms with Crippen LogP contribution in [0.1, 0.15) is 19.4 Å². The van der Waals surface area contributed by atoms with Crippen LogP contribution in [0, 0.1) is 4.77 Å². The Morgan fingerprint density at radius 1 is 1.15 bits per heavy atom. The van der Waals surface area contributed by atoms with Gasteiger partial charge >= 0.3 is 0 Å². The molecule has 0 bridgehead atoms. The lowest BCUT2D eigenvalue weighted by Gasteiger charge is -2.07. The number of aromatic hydroxyl groups is 1. The van der Waals surface area contributed by atoms with Gasteiger partial charge in [0.25, 0.3) is 0 Å². The van der Waals surface area contributed by atoms with Crippen molar-refractivity contribution in [3.8, 4) is 28.6 Å². The molecule has 7 nitrogen and oxygen atoms in total. The van der Waals surface area contributed by atoms with Crippen molar-refractivity contribution < 1.29 is 14.6 Å². The Kier molecular flexibility index (Phi) is 5.87. The Bertz CT molecular complexity index is 993. The molecule has 2 N–H and O–H groups in total. The molecule has 0 fully saturated rings. The third-order valence-electron chi connectivity index (χ3n) is 3.72. The third-order valence-corrected chi connectivity index (χ3v) is 3.98. The highest BCUT2D eigenvalue weighted by molar-refractivity contribution is 7.71. The fraction of sp³-hybridized carbons (Fsp3) is 0.211. The van der Waals surface area contributed by atoms with Crippen molar-refractivity contribution in [2.75, 3.05) is 13.2 Å². The van der Waals surface area contributed by atoms with Gasteiger partial charge in [0, 0.05) is 11.1 Å². The summed E-state index contributed by atoms with van der Waals surface area (Å²) in [4.78, 5) is 0. The van der Waals surface area contributed by atoms with Gasteiger partial charge in [0.15, 0.2) is 17.3 Å². The molecule has 0 saturated carbocycles. The summed E-state index contributed by atoms with van der Waals surface area (Å²) in [6.07, 6.45) is 1.52. The van der Waals surface area contributed by atoms with Crippen molar-refractivity contribution in [3.05, 3.63) is 52.8 Å². The molecule has 8 heteroatoms. The molecule has 3 rings (SSSR count). The van der Waals surface area contributed by atoms with Gasteiger partial charge in [-0.15, -0.1) is 0 Å². The first kappa shape index (κ1) is 18.7. The minimum absolute atomic E-state index is 0.0285. The van der Waals surface area contributed by atoms with Crippen LogP contribution in [0.25, 0.3) is 11.4 Å². The molecule has 1 aromatic heterocycles. The normalized spacial score (nSPS) is 11.0. The zero-order chi connectivity index (χ0) is 19.2. The Morgan fingerprint density at radius 2 is 1.89 bits per heavy atom. The van der Waals surface area contributed by atoms with Crippen molar-refractivity contribution in [1.82, 2.24) is 14.9 Å². The molecule has 2 aromatic carbocycles. The molecule has 1 heterocycles. The summed E-state index contributed by atoms with van der Waals surface area (Å²) in [5.41, 5.74) is 1.34. The lowest BCUT2D eigenvalue weighted by Crippen LogP contribution is -1.97. The average Bonchev–Trinajstić information content (AvgIpc) is 3.04. The molecule has 140 valence electrons. The minimum Gasteiger partial charge on any atom is -0.504 e. The molecule has 0 radical (unpaired) electrons. The maximum Gasteiger partial charge on any atom is 0.216 e. The molecule has 27 heavy (non-hydrogen) atoms. The van der Waals surface area contributed by atoms with E-state index in [1.165, 1.54) is 10.9 Å². The van der Waals surface area contributed by atoms with Crippen molar-refractivity contribution in [2.24, 2.45) is 5.10 Å². The van der Waals surface area contributed by atoms with Crippen molar-refractivity contribution >= 4 is 18.4 Å². The highest BCUT2D eigenvalue weighted by Gasteiger charge is 2.10. The van der Waals surface area contributed by atoms with E-state index in [0.717, 1.165) is 11.3 Å². The molecule has 0 atom stereocenters. The summed E-state index contributed by atoms with van der Waals surface area (Å²) < 4.78 is 12.7. The van der Waals surface area contributed by atoms with Crippen LogP contribution in [0.2, 0.25) is 0 Å². The van der Waals surface area contributed by atoms with Crippen molar-refractivity contribution in [2.45, 2.75) is 13.8 Å². The molecule has 0 spiro atoms. The zero-order valence-electron chi connectivity index (χ0n) is 15.0. The lowest BCUT2D eigenvalue weighted by atomic mass is 10.2. The van der Waals surface area contributed by atoms with Gasteiger partial charge in [-0.2, -0.15) is 14.9 Å². The monoisotopic (exact) mass is 384 g/mol. The van der Waals surface area contributed by atoms with E-state index in [0.29, 0.717) is 35.1 Å². The molecular formula is C19H20N4O3S. The van der Waals surface area contributed by atoms with Gasteiger partial charge in [-0.05, 0) is 62.5 Å². The van der Waals surface area contributed by atoms with Crippen LogP contribution in [-0.2, 0) is 0 Å². The molecular weight excluding hydrogens is 364 g/mol. The van der Waals surface area contributed by atoms with Crippen molar-refractivity contribution in [3.63, 3.8) is 0 Å². The summed E-state index contributed by atoms with van der Waals surface area (Å²) in [6, 6.07) is 12.7. The predicted molar refractivity (Wildman–Crippen MR) is 106 cm³/mol. The smallest absolute Gasteiger partial charge is 0.216 e. The molecule has 0 aliphatic rings. The van der Waals surface area contributed by atoms with E-state index in [1.807, 2.05) is 38.1 Å². The standard InChI is InChI=1S/C19H20N4O3S/c1-3-25-15-10-8-13(9-11-15)18-21-22-19(27)23(18)20-12-14-6-5-7-16(17(14)24)26-4-2/h5-12,24H,3-4H2,1-2H3,(H,22,27)/b20-12+. The largest absolute Gasteiger partial charge is 0.504 e. The van der Waals surface area contributed by atoms with E-state index in [9.17, 15) is 5.11 Å². The molecule has 3 aromatic rings. The van der Waals surface area contributed by atoms with E-state index >= 15 is 0 Å². The number of rotatable bonds is 7. The van der Waals surface area contributed by atoms with Gasteiger partial charge in [-0.25, -0.2) is 5.10 Å². The van der Waals surface area contributed by atoms with Crippen LogP contribution < -0.4 is 9.47 Å². The lowest BCUT2D eigenvalue weighted by molar-refractivity contribution is 0.318. The van der Waals surface area contributed by atoms with E-state index in [4.69, 9.17) is 21.7 Å². The summed E-state index contributed by atoms with van der Waals surface area (Å²) in [7, 11) is 0.